The van der Waals surface area contributed by atoms with E-state index >= 15 is 0 Å². The second-order valence-electron chi connectivity index (χ2n) is 3.96. The molecule has 1 aromatic heterocycles. The summed E-state index contributed by atoms with van der Waals surface area (Å²) in [6, 6.07) is 3.13. The van der Waals surface area contributed by atoms with Gasteiger partial charge in [-0.2, -0.15) is 4.98 Å². The maximum Gasteiger partial charge on any atom is 0.336 e. The zero-order valence-electron chi connectivity index (χ0n) is 10.4. The minimum Gasteiger partial charge on any atom is -0.454 e. The van der Waals surface area contributed by atoms with E-state index in [1.54, 1.807) is 7.05 Å². The maximum absolute atomic E-state index is 13.6. The number of Topliss-reactive ketones (excluding diaryl/α,β-unsaturated/α-hetero) is 1. The summed E-state index contributed by atoms with van der Waals surface area (Å²) in [6.07, 6.45) is 0. The minimum atomic E-state index is -0.742. The van der Waals surface area contributed by atoms with Gasteiger partial charge in [-0.1, -0.05) is 0 Å². The topological polar surface area (TPSA) is 57.0 Å². The highest BCUT2D eigenvalue weighted by molar-refractivity contribution is 5.76. The van der Waals surface area contributed by atoms with Gasteiger partial charge in [-0.15, -0.1) is 5.10 Å². The van der Waals surface area contributed by atoms with Crippen LogP contribution in [0, 0.1) is 11.6 Å². The van der Waals surface area contributed by atoms with Crippen molar-refractivity contribution in [3.8, 4) is 17.4 Å². The van der Waals surface area contributed by atoms with Crippen LogP contribution in [0.5, 0.6) is 6.01 Å². The molecule has 0 spiro atoms. The first kappa shape index (κ1) is 13.1. The third-order valence-corrected chi connectivity index (χ3v) is 2.32. The van der Waals surface area contributed by atoms with Crippen molar-refractivity contribution in [2.24, 2.45) is 7.05 Å². The van der Waals surface area contributed by atoms with Crippen LogP contribution < -0.4 is 4.74 Å². The lowest BCUT2D eigenvalue weighted by Crippen LogP contribution is -2.07. The summed E-state index contributed by atoms with van der Waals surface area (Å²) < 4.78 is 32.8. The number of benzene rings is 1. The second kappa shape index (κ2) is 5.13. The van der Waals surface area contributed by atoms with Crippen molar-refractivity contribution in [2.45, 2.75) is 6.92 Å². The highest BCUT2D eigenvalue weighted by Crippen LogP contribution is 2.22. The van der Waals surface area contributed by atoms with Crippen LogP contribution in [0.25, 0.3) is 11.4 Å². The first-order valence-electron chi connectivity index (χ1n) is 5.46. The number of carbonyl (C=O) groups is 1. The standard InChI is InChI=1S/C12H11F2N3O2/c1-7(18)6-19-12-15-11(17(2)16-12)9-4-3-8(13)5-10(9)14/h3-5H,6H2,1-2H3. The summed E-state index contributed by atoms with van der Waals surface area (Å²) in [7, 11) is 1.55. The first-order chi connectivity index (χ1) is 8.97. The lowest BCUT2D eigenvalue weighted by atomic mass is 10.2. The molecule has 0 N–H and O–H groups in total. The Bertz CT molecular complexity index is 625. The van der Waals surface area contributed by atoms with Gasteiger partial charge in [0.1, 0.15) is 18.2 Å². The molecule has 5 nitrogen and oxygen atoms in total. The zero-order chi connectivity index (χ0) is 14.0. The molecule has 7 heteroatoms. The predicted octanol–water partition coefficient (Wildman–Crippen LogP) is 1.73. The normalized spacial score (nSPS) is 10.5. The molecule has 0 saturated heterocycles. The number of hydrogen-bond donors (Lipinski definition) is 0. The van der Waals surface area contributed by atoms with Crippen LogP contribution in [0.2, 0.25) is 0 Å². The van der Waals surface area contributed by atoms with E-state index in [4.69, 9.17) is 4.74 Å². The van der Waals surface area contributed by atoms with E-state index in [1.165, 1.54) is 17.7 Å². The highest BCUT2D eigenvalue weighted by Gasteiger charge is 2.15. The van der Waals surface area contributed by atoms with Crippen molar-refractivity contribution < 1.29 is 18.3 Å². The van der Waals surface area contributed by atoms with Crippen LogP contribution in [0.15, 0.2) is 18.2 Å². The van der Waals surface area contributed by atoms with Crippen molar-refractivity contribution in [2.75, 3.05) is 6.61 Å². The Morgan fingerprint density at radius 1 is 1.42 bits per heavy atom. The smallest absolute Gasteiger partial charge is 0.336 e. The summed E-state index contributed by atoms with van der Waals surface area (Å²) in [4.78, 5) is 14.7. The van der Waals surface area contributed by atoms with Crippen LogP contribution >= 0.6 is 0 Å². The van der Waals surface area contributed by atoms with Gasteiger partial charge in [-0.25, -0.2) is 13.5 Å². The monoisotopic (exact) mass is 267 g/mol. The quantitative estimate of drug-likeness (QED) is 0.846. The Labute approximate surface area is 107 Å². The van der Waals surface area contributed by atoms with E-state index in [2.05, 4.69) is 10.1 Å². The molecule has 0 aliphatic rings. The van der Waals surface area contributed by atoms with E-state index in [0.717, 1.165) is 12.1 Å². The summed E-state index contributed by atoms with van der Waals surface area (Å²) in [5.41, 5.74) is 0.106. The SMILES string of the molecule is CC(=O)COc1nc(-c2ccc(F)cc2F)n(C)n1. The molecule has 19 heavy (non-hydrogen) atoms. The van der Waals surface area contributed by atoms with E-state index in [0.29, 0.717) is 0 Å². The molecule has 0 bridgehead atoms. The number of halogens is 2. The number of carbonyl (C=O) groups excluding carboxylic acids is 1. The summed E-state index contributed by atoms with van der Waals surface area (Å²) in [5, 5.41) is 3.89. The molecule has 100 valence electrons. The van der Waals surface area contributed by atoms with Crippen molar-refractivity contribution in [1.29, 1.82) is 0 Å². The molecule has 0 saturated carbocycles. The van der Waals surface area contributed by atoms with Crippen LogP contribution in [-0.4, -0.2) is 27.2 Å². The molecule has 0 amide bonds. The van der Waals surface area contributed by atoms with Crippen LogP contribution in [-0.2, 0) is 11.8 Å². The van der Waals surface area contributed by atoms with Crippen molar-refractivity contribution in [3.63, 3.8) is 0 Å². The molecule has 1 aromatic carbocycles. The fraction of sp³-hybridized carbons (Fsp3) is 0.250. The van der Waals surface area contributed by atoms with Crippen molar-refractivity contribution in [1.82, 2.24) is 14.8 Å². The molecule has 1 heterocycles. The maximum atomic E-state index is 13.6. The lowest BCUT2D eigenvalue weighted by molar-refractivity contribution is -0.119. The van der Waals surface area contributed by atoms with Crippen LogP contribution in [0.4, 0.5) is 8.78 Å². The number of aryl methyl sites for hydroxylation is 1. The van der Waals surface area contributed by atoms with Gasteiger partial charge >= 0.3 is 6.01 Å². The average Bonchev–Trinajstić information content (AvgIpc) is 2.68. The number of ether oxygens (including phenoxy) is 1. The van der Waals surface area contributed by atoms with Gasteiger partial charge < -0.3 is 4.74 Å². The van der Waals surface area contributed by atoms with Gasteiger partial charge in [0.25, 0.3) is 0 Å². The molecule has 0 radical (unpaired) electrons. The van der Waals surface area contributed by atoms with Gasteiger partial charge in [-0.3, -0.25) is 4.79 Å². The van der Waals surface area contributed by atoms with Crippen molar-refractivity contribution >= 4 is 5.78 Å². The average molecular weight is 267 g/mol. The Hall–Kier alpha value is -2.31. The van der Waals surface area contributed by atoms with E-state index < -0.39 is 11.6 Å². The first-order valence-corrected chi connectivity index (χ1v) is 5.46. The van der Waals surface area contributed by atoms with Crippen LogP contribution in [0.3, 0.4) is 0 Å². The lowest BCUT2D eigenvalue weighted by Gasteiger charge is -2.01. The van der Waals surface area contributed by atoms with Crippen LogP contribution in [0.1, 0.15) is 6.92 Å². The summed E-state index contributed by atoms with van der Waals surface area (Å²) >= 11 is 0. The molecular weight excluding hydrogens is 256 g/mol. The fourth-order valence-corrected chi connectivity index (χ4v) is 1.49. The third-order valence-electron chi connectivity index (χ3n) is 2.32. The Balaban J connectivity index is 2.32. The van der Waals surface area contributed by atoms with Gasteiger partial charge in [0.15, 0.2) is 11.6 Å². The molecule has 2 aromatic rings. The predicted molar refractivity (Wildman–Crippen MR) is 62.5 cm³/mol. The largest absolute Gasteiger partial charge is 0.454 e. The van der Waals surface area contributed by atoms with Gasteiger partial charge in [0, 0.05) is 13.1 Å². The highest BCUT2D eigenvalue weighted by atomic mass is 19.1. The molecule has 0 aliphatic carbocycles. The number of aromatic nitrogens is 3. The number of rotatable bonds is 4. The second-order valence-corrected chi connectivity index (χ2v) is 3.96. The van der Waals surface area contributed by atoms with Crippen molar-refractivity contribution in [3.05, 3.63) is 29.8 Å². The fourth-order valence-electron chi connectivity index (χ4n) is 1.49. The van der Waals surface area contributed by atoms with E-state index in [1.807, 2.05) is 0 Å². The summed E-state index contributed by atoms with van der Waals surface area (Å²) in [5.74, 6) is -1.40. The van der Waals surface area contributed by atoms with E-state index in [9.17, 15) is 13.6 Å². The zero-order valence-corrected chi connectivity index (χ0v) is 10.4. The molecule has 2 rings (SSSR count). The Morgan fingerprint density at radius 3 is 2.79 bits per heavy atom. The number of hydrogen-bond acceptors (Lipinski definition) is 4. The molecule has 0 unspecified atom stereocenters. The summed E-state index contributed by atoms with van der Waals surface area (Å²) in [6.45, 7) is 1.21. The van der Waals surface area contributed by atoms with Gasteiger partial charge in [0.05, 0.1) is 5.56 Å². The van der Waals surface area contributed by atoms with Gasteiger partial charge in [-0.05, 0) is 19.1 Å². The molecular formula is C12H11F2N3O2. The van der Waals surface area contributed by atoms with E-state index in [-0.39, 0.29) is 29.8 Å². The molecule has 0 aliphatic heterocycles. The minimum absolute atomic E-state index is 0.0311. The third kappa shape index (κ3) is 2.93. The Morgan fingerprint density at radius 2 is 2.16 bits per heavy atom. The molecule has 0 fully saturated rings. The number of nitrogens with zero attached hydrogens (tertiary/aromatic N) is 3. The Kier molecular flexibility index (Phi) is 3.55. The van der Waals surface area contributed by atoms with Gasteiger partial charge in [0.2, 0.25) is 0 Å². The molecule has 0 atom stereocenters. The number of ketones is 1.